The first kappa shape index (κ1) is 11.3. The molecule has 0 saturated heterocycles. The number of aromatic nitrogens is 1. The molecule has 0 saturated carbocycles. The highest BCUT2D eigenvalue weighted by Crippen LogP contribution is 2.12. The van der Waals surface area contributed by atoms with Gasteiger partial charge in [0.1, 0.15) is 6.10 Å². The smallest absolute Gasteiger partial charge is 0.219 e. The van der Waals surface area contributed by atoms with Crippen LogP contribution in [0.4, 0.5) is 0 Å². The van der Waals surface area contributed by atoms with Crippen molar-refractivity contribution in [3.05, 3.63) is 16.1 Å². The molecule has 1 rings (SSSR count). The predicted molar refractivity (Wildman–Crippen MR) is 55.7 cm³/mol. The number of ether oxygens (including phenoxy) is 1. The summed E-state index contributed by atoms with van der Waals surface area (Å²) < 4.78 is 4.94. The van der Waals surface area contributed by atoms with E-state index in [4.69, 9.17) is 4.74 Å². The highest BCUT2D eigenvalue weighted by molar-refractivity contribution is 7.11. The van der Waals surface area contributed by atoms with Crippen molar-refractivity contribution in [2.45, 2.75) is 19.6 Å². The summed E-state index contributed by atoms with van der Waals surface area (Å²) in [6.07, 6.45) is -0.413. The summed E-state index contributed by atoms with van der Waals surface area (Å²) >= 11 is 1.36. The van der Waals surface area contributed by atoms with Crippen LogP contribution >= 0.6 is 11.3 Å². The van der Waals surface area contributed by atoms with Crippen LogP contribution in [0.15, 0.2) is 5.38 Å². The van der Waals surface area contributed by atoms with Crippen molar-refractivity contribution in [3.8, 4) is 0 Å². The fraction of sp³-hybridized carbons (Fsp3) is 0.556. The molecule has 0 aliphatic carbocycles. The first-order chi connectivity index (χ1) is 6.69. The molecule has 1 aromatic rings. The van der Waals surface area contributed by atoms with Gasteiger partial charge in [-0.2, -0.15) is 0 Å². The number of thiazole rings is 1. The van der Waals surface area contributed by atoms with Crippen LogP contribution in [-0.4, -0.2) is 31.0 Å². The fourth-order valence-electron chi connectivity index (χ4n) is 0.963. The van der Waals surface area contributed by atoms with Crippen LogP contribution in [0.1, 0.15) is 22.4 Å². The number of Topliss-reactive ketones (excluding diaryl/α,β-unsaturated/α-hetero) is 1. The largest absolute Gasteiger partial charge is 0.373 e. The molecule has 14 heavy (non-hydrogen) atoms. The van der Waals surface area contributed by atoms with Gasteiger partial charge in [0.05, 0.1) is 5.69 Å². The zero-order valence-corrected chi connectivity index (χ0v) is 9.35. The molecule has 0 spiro atoms. The van der Waals surface area contributed by atoms with E-state index in [0.29, 0.717) is 11.6 Å². The van der Waals surface area contributed by atoms with Crippen LogP contribution in [0.2, 0.25) is 0 Å². The normalized spacial score (nSPS) is 12.8. The second-order valence-corrected chi connectivity index (χ2v) is 3.77. The molecule has 4 nitrogen and oxygen atoms in total. The average molecular weight is 214 g/mol. The van der Waals surface area contributed by atoms with E-state index in [2.05, 4.69) is 10.3 Å². The second-order valence-electron chi connectivity index (χ2n) is 2.92. The number of carbonyl (C=O) groups is 1. The highest BCUT2D eigenvalue weighted by Gasteiger charge is 2.17. The standard InChI is InChI=1S/C9H14N2O2S/c1-6(13-3)8(12)9-11-7(4-10-2)5-14-9/h5-6,10H,4H2,1-3H3. The molecule has 0 aliphatic heterocycles. The van der Waals surface area contributed by atoms with E-state index in [1.165, 1.54) is 18.4 Å². The minimum absolute atomic E-state index is 0.0557. The van der Waals surface area contributed by atoms with Gasteiger partial charge in [0, 0.05) is 19.0 Å². The monoisotopic (exact) mass is 214 g/mol. The number of carbonyl (C=O) groups excluding carboxylic acids is 1. The van der Waals surface area contributed by atoms with Crippen molar-refractivity contribution < 1.29 is 9.53 Å². The molecule has 0 aliphatic rings. The van der Waals surface area contributed by atoms with Gasteiger partial charge in [-0.15, -0.1) is 11.3 Å². The highest BCUT2D eigenvalue weighted by atomic mass is 32.1. The molecule has 0 fully saturated rings. The van der Waals surface area contributed by atoms with Gasteiger partial charge in [-0.25, -0.2) is 4.98 Å². The van der Waals surface area contributed by atoms with Crippen molar-refractivity contribution in [2.24, 2.45) is 0 Å². The Balaban J connectivity index is 2.71. The maximum absolute atomic E-state index is 11.6. The number of hydrogen-bond donors (Lipinski definition) is 1. The Morgan fingerprint density at radius 2 is 2.50 bits per heavy atom. The van der Waals surface area contributed by atoms with Gasteiger partial charge in [0.15, 0.2) is 5.01 Å². The Hall–Kier alpha value is -0.780. The van der Waals surface area contributed by atoms with Gasteiger partial charge >= 0.3 is 0 Å². The van der Waals surface area contributed by atoms with E-state index < -0.39 is 6.10 Å². The quantitative estimate of drug-likeness (QED) is 0.745. The van der Waals surface area contributed by atoms with E-state index >= 15 is 0 Å². The molecular weight excluding hydrogens is 200 g/mol. The lowest BCUT2D eigenvalue weighted by Gasteiger charge is -2.04. The summed E-state index contributed by atoms with van der Waals surface area (Å²) in [4.78, 5) is 15.8. The van der Waals surface area contributed by atoms with Crippen LogP contribution in [0.5, 0.6) is 0 Å². The van der Waals surface area contributed by atoms with Gasteiger partial charge in [-0.1, -0.05) is 0 Å². The molecule has 78 valence electrons. The number of rotatable bonds is 5. The van der Waals surface area contributed by atoms with Crippen molar-refractivity contribution in [2.75, 3.05) is 14.2 Å². The molecule has 5 heteroatoms. The fourth-order valence-corrected chi connectivity index (χ4v) is 1.80. The molecule has 1 unspecified atom stereocenters. The third kappa shape index (κ3) is 2.60. The summed E-state index contributed by atoms with van der Waals surface area (Å²) in [7, 11) is 3.36. The minimum Gasteiger partial charge on any atom is -0.373 e. The van der Waals surface area contributed by atoms with Gasteiger partial charge in [0.2, 0.25) is 5.78 Å². The molecule has 1 aromatic heterocycles. The molecule has 1 atom stereocenters. The lowest BCUT2D eigenvalue weighted by molar-refractivity contribution is 0.0655. The van der Waals surface area contributed by atoms with Crippen LogP contribution in [0.25, 0.3) is 0 Å². The first-order valence-electron chi connectivity index (χ1n) is 4.35. The Bertz CT molecular complexity index is 312. The first-order valence-corrected chi connectivity index (χ1v) is 5.23. The molecule has 0 radical (unpaired) electrons. The van der Waals surface area contributed by atoms with Gasteiger partial charge in [0.25, 0.3) is 0 Å². The van der Waals surface area contributed by atoms with Crippen LogP contribution in [-0.2, 0) is 11.3 Å². The molecule has 0 bridgehead atoms. The van der Waals surface area contributed by atoms with Gasteiger partial charge in [-0.05, 0) is 14.0 Å². The Morgan fingerprint density at radius 1 is 1.79 bits per heavy atom. The van der Waals surface area contributed by atoms with E-state index in [-0.39, 0.29) is 5.78 Å². The lowest BCUT2D eigenvalue weighted by atomic mass is 10.3. The Kier molecular flexibility index (Phi) is 4.19. The van der Waals surface area contributed by atoms with Crippen LogP contribution in [0.3, 0.4) is 0 Å². The summed E-state index contributed by atoms with van der Waals surface area (Å²) in [5.41, 5.74) is 0.893. The van der Waals surface area contributed by atoms with Crippen LogP contribution < -0.4 is 5.32 Å². The van der Waals surface area contributed by atoms with E-state index in [0.717, 1.165) is 5.69 Å². The summed E-state index contributed by atoms with van der Waals surface area (Å²) in [5, 5.41) is 5.38. The van der Waals surface area contributed by atoms with Crippen LogP contribution in [0, 0.1) is 0 Å². The zero-order chi connectivity index (χ0) is 10.6. The summed E-state index contributed by atoms with van der Waals surface area (Å²) in [6, 6.07) is 0. The van der Waals surface area contributed by atoms with E-state index in [9.17, 15) is 4.79 Å². The topological polar surface area (TPSA) is 51.2 Å². The van der Waals surface area contributed by atoms with Gasteiger partial charge in [-0.3, -0.25) is 4.79 Å². The number of methoxy groups -OCH3 is 1. The summed E-state index contributed by atoms with van der Waals surface area (Å²) in [6.45, 7) is 2.41. The zero-order valence-electron chi connectivity index (χ0n) is 8.53. The molecule has 1 heterocycles. The SMILES string of the molecule is CNCc1csc(C(=O)C(C)OC)n1. The van der Waals surface area contributed by atoms with Crippen molar-refractivity contribution in [3.63, 3.8) is 0 Å². The maximum Gasteiger partial charge on any atom is 0.219 e. The number of ketones is 1. The van der Waals surface area contributed by atoms with E-state index in [1.807, 2.05) is 12.4 Å². The third-order valence-corrected chi connectivity index (χ3v) is 2.75. The predicted octanol–water partition coefficient (Wildman–Crippen LogP) is 1.08. The molecule has 0 amide bonds. The third-order valence-electron chi connectivity index (χ3n) is 1.84. The van der Waals surface area contributed by atoms with Crippen molar-refractivity contribution in [1.29, 1.82) is 0 Å². The van der Waals surface area contributed by atoms with E-state index in [1.54, 1.807) is 6.92 Å². The number of hydrogen-bond acceptors (Lipinski definition) is 5. The maximum atomic E-state index is 11.6. The summed E-state index contributed by atoms with van der Waals surface area (Å²) in [5.74, 6) is -0.0557. The number of nitrogens with zero attached hydrogens (tertiary/aromatic N) is 1. The lowest BCUT2D eigenvalue weighted by Crippen LogP contribution is -2.19. The van der Waals surface area contributed by atoms with Crippen molar-refractivity contribution >= 4 is 17.1 Å². The second kappa shape index (κ2) is 5.19. The Morgan fingerprint density at radius 3 is 3.07 bits per heavy atom. The van der Waals surface area contributed by atoms with Gasteiger partial charge < -0.3 is 10.1 Å². The molecular formula is C9H14N2O2S. The minimum atomic E-state index is -0.413. The average Bonchev–Trinajstić information content (AvgIpc) is 2.64. The molecule has 1 N–H and O–H groups in total. The number of nitrogens with one attached hydrogen (secondary N) is 1. The Labute approximate surface area is 87.3 Å². The molecule has 0 aromatic carbocycles. The van der Waals surface area contributed by atoms with Crippen molar-refractivity contribution in [1.82, 2.24) is 10.3 Å².